The molecule has 1 amide bonds. The first-order valence-corrected chi connectivity index (χ1v) is 8.86. The van der Waals surface area contributed by atoms with Crippen LogP contribution in [-0.2, 0) is 16.0 Å². The van der Waals surface area contributed by atoms with E-state index in [9.17, 15) is 4.79 Å². The molecule has 5 nitrogen and oxygen atoms in total. The van der Waals surface area contributed by atoms with Crippen LogP contribution < -0.4 is 0 Å². The normalized spacial score (nSPS) is 21.9. The third-order valence-corrected chi connectivity index (χ3v) is 4.78. The molecule has 0 unspecified atom stereocenters. The van der Waals surface area contributed by atoms with Gasteiger partial charge in [0.05, 0.1) is 24.3 Å². The fraction of sp³-hybridized carbons (Fsp3) is 0.778. The molecule has 1 aliphatic rings. The van der Waals surface area contributed by atoms with Crippen molar-refractivity contribution >= 4 is 5.91 Å². The molecule has 5 heteroatoms. The number of hydrogen-bond donors (Lipinski definition) is 1. The largest absolute Gasteiger partial charge is 0.371 e. The molecule has 0 spiro atoms. The first kappa shape index (κ1) is 18.0. The van der Waals surface area contributed by atoms with Crippen molar-refractivity contribution in [2.24, 2.45) is 5.92 Å². The maximum Gasteiger partial charge on any atom is 0.227 e. The highest BCUT2D eigenvalue weighted by molar-refractivity contribution is 5.79. The number of nitrogens with one attached hydrogen (secondary N) is 1. The molecule has 130 valence electrons. The van der Waals surface area contributed by atoms with Crippen LogP contribution in [0, 0.1) is 19.8 Å². The van der Waals surface area contributed by atoms with Gasteiger partial charge < -0.3 is 9.64 Å². The van der Waals surface area contributed by atoms with Crippen LogP contribution in [0.4, 0.5) is 0 Å². The number of aryl methyl sites for hydroxylation is 2. The number of H-pyrrole nitrogens is 1. The van der Waals surface area contributed by atoms with E-state index in [1.165, 1.54) is 0 Å². The van der Waals surface area contributed by atoms with Crippen LogP contribution in [0.25, 0.3) is 0 Å². The molecule has 1 fully saturated rings. The van der Waals surface area contributed by atoms with Crippen LogP contribution in [-0.4, -0.2) is 46.3 Å². The van der Waals surface area contributed by atoms with Crippen molar-refractivity contribution in [3.05, 3.63) is 17.0 Å². The van der Waals surface area contributed by atoms with Gasteiger partial charge in [-0.2, -0.15) is 5.10 Å². The average molecular weight is 321 g/mol. The molecule has 1 aliphatic heterocycles. The highest BCUT2D eigenvalue weighted by Crippen LogP contribution is 2.22. The van der Waals surface area contributed by atoms with Crippen molar-refractivity contribution in [2.75, 3.05) is 13.1 Å². The van der Waals surface area contributed by atoms with Gasteiger partial charge in [-0.05, 0) is 26.2 Å². The summed E-state index contributed by atoms with van der Waals surface area (Å²) in [7, 11) is 0. The second kappa shape index (κ2) is 7.95. The number of carbonyl (C=O) groups is 1. The molecule has 1 saturated heterocycles. The fourth-order valence-corrected chi connectivity index (χ4v) is 3.13. The van der Waals surface area contributed by atoms with Crippen LogP contribution >= 0.6 is 0 Å². The number of unbranched alkanes of at least 4 members (excludes halogenated alkanes) is 1. The van der Waals surface area contributed by atoms with Crippen LogP contribution in [0.5, 0.6) is 0 Å². The van der Waals surface area contributed by atoms with Crippen molar-refractivity contribution in [1.82, 2.24) is 15.1 Å². The van der Waals surface area contributed by atoms with Gasteiger partial charge in [-0.15, -0.1) is 0 Å². The zero-order chi connectivity index (χ0) is 17.0. The molecule has 2 rings (SSSR count). The predicted molar refractivity (Wildman–Crippen MR) is 91.4 cm³/mol. The zero-order valence-electron chi connectivity index (χ0n) is 15.2. The number of aromatic amines is 1. The second-order valence-corrected chi connectivity index (χ2v) is 7.07. The van der Waals surface area contributed by atoms with Gasteiger partial charge in [0.2, 0.25) is 5.91 Å². The third kappa shape index (κ3) is 4.56. The van der Waals surface area contributed by atoms with Crippen molar-refractivity contribution in [3.8, 4) is 0 Å². The quantitative estimate of drug-likeness (QED) is 0.876. The summed E-state index contributed by atoms with van der Waals surface area (Å²) >= 11 is 0. The minimum Gasteiger partial charge on any atom is -0.371 e. The summed E-state index contributed by atoms with van der Waals surface area (Å²) in [6.07, 6.45) is 4.09. The van der Waals surface area contributed by atoms with E-state index < -0.39 is 0 Å². The Balaban J connectivity index is 2.04. The topological polar surface area (TPSA) is 58.2 Å². The van der Waals surface area contributed by atoms with E-state index >= 15 is 0 Å². The highest BCUT2D eigenvalue weighted by atomic mass is 16.5. The number of carbonyl (C=O) groups excluding carboxylic acids is 1. The first-order chi connectivity index (χ1) is 10.9. The summed E-state index contributed by atoms with van der Waals surface area (Å²) in [5.74, 6) is 0.611. The lowest BCUT2D eigenvalue weighted by Gasteiger charge is -2.40. The van der Waals surface area contributed by atoms with Crippen molar-refractivity contribution in [3.63, 3.8) is 0 Å². The number of amides is 1. The lowest BCUT2D eigenvalue weighted by molar-refractivity contribution is -0.149. The van der Waals surface area contributed by atoms with E-state index in [1.54, 1.807) is 0 Å². The molecule has 1 aromatic rings. The lowest BCUT2D eigenvalue weighted by Crippen LogP contribution is -2.52. The second-order valence-electron chi connectivity index (χ2n) is 7.07. The standard InChI is InChI=1S/C18H31N3O2/c1-6-7-8-15-10-21(11-17(23-15)12(2)3)18(22)9-16-13(4)19-20-14(16)5/h12,15,17H,6-11H2,1-5H3,(H,19,20)/t15-,17-/m1/s1. The van der Waals surface area contributed by atoms with Crippen LogP contribution in [0.1, 0.15) is 57.0 Å². The van der Waals surface area contributed by atoms with Gasteiger partial charge >= 0.3 is 0 Å². The molecule has 2 heterocycles. The van der Waals surface area contributed by atoms with Crippen molar-refractivity contribution in [1.29, 1.82) is 0 Å². The average Bonchev–Trinajstić information content (AvgIpc) is 2.84. The zero-order valence-corrected chi connectivity index (χ0v) is 15.2. The molecule has 0 aliphatic carbocycles. The molecule has 0 saturated carbocycles. The van der Waals surface area contributed by atoms with Gasteiger partial charge in [-0.1, -0.05) is 33.6 Å². The Bertz CT molecular complexity index is 505. The summed E-state index contributed by atoms with van der Waals surface area (Å²) in [5.41, 5.74) is 2.95. The number of aromatic nitrogens is 2. The summed E-state index contributed by atoms with van der Waals surface area (Å²) < 4.78 is 6.20. The van der Waals surface area contributed by atoms with E-state index in [-0.39, 0.29) is 18.1 Å². The van der Waals surface area contributed by atoms with E-state index in [0.717, 1.165) is 42.8 Å². The molecular weight excluding hydrogens is 290 g/mol. The van der Waals surface area contributed by atoms with Gasteiger partial charge in [0.15, 0.2) is 0 Å². The number of morpholine rings is 1. The molecule has 1 aromatic heterocycles. The SMILES string of the molecule is CCCC[C@@H]1CN(C(=O)Cc2c(C)n[nH]c2C)C[C@H](C(C)C)O1. The molecule has 0 radical (unpaired) electrons. The maximum atomic E-state index is 12.8. The molecule has 1 N–H and O–H groups in total. The predicted octanol–water partition coefficient (Wildman–Crippen LogP) is 3.01. The Labute approximate surface area is 139 Å². The highest BCUT2D eigenvalue weighted by Gasteiger charge is 2.32. The van der Waals surface area contributed by atoms with Crippen molar-refractivity contribution < 1.29 is 9.53 Å². The number of rotatable bonds is 6. The Morgan fingerprint density at radius 2 is 2.13 bits per heavy atom. The summed E-state index contributed by atoms with van der Waals surface area (Å²) in [6.45, 7) is 11.9. The van der Waals surface area contributed by atoms with Gasteiger partial charge in [-0.25, -0.2) is 0 Å². The van der Waals surface area contributed by atoms with Gasteiger partial charge in [0, 0.05) is 24.3 Å². The number of hydrogen-bond acceptors (Lipinski definition) is 3. The van der Waals surface area contributed by atoms with Gasteiger partial charge in [-0.3, -0.25) is 9.89 Å². The summed E-state index contributed by atoms with van der Waals surface area (Å²) in [5, 5.41) is 7.16. The van der Waals surface area contributed by atoms with E-state index in [0.29, 0.717) is 18.9 Å². The third-order valence-electron chi connectivity index (χ3n) is 4.78. The van der Waals surface area contributed by atoms with Gasteiger partial charge in [0.1, 0.15) is 0 Å². The molecular formula is C18H31N3O2. The minimum atomic E-state index is 0.140. The number of nitrogens with zero attached hydrogens (tertiary/aromatic N) is 2. The molecule has 2 atom stereocenters. The van der Waals surface area contributed by atoms with Gasteiger partial charge in [0.25, 0.3) is 0 Å². The van der Waals surface area contributed by atoms with Crippen LogP contribution in [0.3, 0.4) is 0 Å². The smallest absolute Gasteiger partial charge is 0.227 e. The lowest BCUT2D eigenvalue weighted by atomic mass is 10.0. The van der Waals surface area contributed by atoms with E-state index in [1.807, 2.05) is 18.7 Å². The molecule has 0 aromatic carbocycles. The van der Waals surface area contributed by atoms with Crippen molar-refractivity contribution in [2.45, 2.75) is 72.5 Å². The van der Waals surface area contributed by atoms with E-state index in [4.69, 9.17) is 4.74 Å². The monoisotopic (exact) mass is 321 g/mol. The van der Waals surface area contributed by atoms with Crippen LogP contribution in [0.2, 0.25) is 0 Å². The Kier molecular flexibility index (Phi) is 6.22. The Morgan fingerprint density at radius 1 is 1.39 bits per heavy atom. The maximum absolute atomic E-state index is 12.8. The Hall–Kier alpha value is -1.36. The minimum absolute atomic E-state index is 0.140. The Morgan fingerprint density at radius 3 is 2.70 bits per heavy atom. The summed E-state index contributed by atoms with van der Waals surface area (Å²) in [4.78, 5) is 14.8. The molecule has 0 bridgehead atoms. The number of ether oxygens (including phenoxy) is 1. The molecule has 23 heavy (non-hydrogen) atoms. The summed E-state index contributed by atoms with van der Waals surface area (Å²) in [6, 6.07) is 0. The van der Waals surface area contributed by atoms with E-state index in [2.05, 4.69) is 31.0 Å². The fourth-order valence-electron chi connectivity index (χ4n) is 3.13. The first-order valence-electron chi connectivity index (χ1n) is 8.86. The van der Waals surface area contributed by atoms with Crippen LogP contribution in [0.15, 0.2) is 0 Å².